The first-order valence-electron chi connectivity index (χ1n) is 8.95. The molecule has 144 valence electrons. The van der Waals surface area contributed by atoms with Gasteiger partial charge in [0.25, 0.3) is 5.91 Å². The van der Waals surface area contributed by atoms with Gasteiger partial charge in [-0.2, -0.15) is 5.10 Å². The van der Waals surface area contributed by atoms with Gasteiger partial charge in [0, 0.05) is 16.4 Å². The van der Waals surface area contributed by atoms with Gasteiger partial charge >= 0.3 is 0 Å². The van der Waals surface area contributed by atoms with Crippen molar-refractivity contribution in [2.45, 2.75) is 25.4 Å². The van der Waals surface area contributed by atoms with Crippen LogP contribution in [0.2, 0.25) is 0 Å². The molecular formula is C21H21N3O3S. The fourth-order valence-electron chi connectivity index (χ4n) is 3.48. The minimum atomic E-state index is -0.989. The van der Waals surface area contributed by atoms with Gasteiger partial charge in [-0.3, -0.25) is 9.00 Å². The van der Waals surface area contributed by atoms with Crippen molar-refractivity contribution in [3.8, 4) is 11.4 Å². The smallest absolute Gasteiger partial charge is 0.260 e. The van der Waals surface area contributed by atoms with Crippen molar-refractivity contribution >= 4 is 22.5 Å². The zero-order valence-electron chi connectivity index (χ0n) is 16.0. The number of fused-ring (bicyclic) bond motifs is 1. The van der Waals surface area contributed by atoms with E-state index in [2.05, 4.69) is 16.5 Å². The second-order valence-corrected chi connectivity index (χ2v) is 8.32. The van der Waals surface area contributed by atoms with Crippen LogP contribution >= 0.6 is 0 Å². The first-order chi connectivity index (χ1) is 13.5. The van der Waals surface area contributed by atoms with Crippen LogP contribution in [0, 0.1) is 13.8 Å². The summed E-state index contributed by atoms with van der Waals surface area (Å²) in [6.07, 6.45) is 0. The first-order valence-corrected chi connectivity index (χ1v) is 10.4. The molecule has 0 saturated carbocycles. The lowest BCUT2D eigenvalue weighted by Crippen LogP contribution is -2.17. The molecule has 0 fully saturated rings. The van der Waals surface area contributed by atoms with Crippen LogP contribution in [0.4, 0.5) is 5.82 Å². The normalized spacial score (nSPS) is 15.3. The van der Waals surface area contributed by atoms with Gasteiger partial charge in [0.1, 0.15) is 11.6 Å². The van der Waals surface area contributed by atoms with E-state index in [1.54, 1.807) is 22.9 Å². The summed E-state index contributed by atoms with van der Waals surface area (Å²) in [5, 5.41) is 7.66. The standard InChI is InChI=1S/C21H21N3O3S/c1-13-8-9-18(14(2)10-13)24-20(16-11-28(26)12-17(16)23-24)22-21(25)15-6-4-5-7-19(15)27-3/h4-10H,11-12H2,1-3H3,(H,22,25)/t28-/m1/s1. The van der Waals surface area contributed by atoms with Crippen molar-refractivity contribution < 1.29 is 13.7 Å². The van der Waals surface area contributed by atoms with Crippen molar-refractivity contribution in [3.63, 3.8) is 0 Å². The molecule has 0 saturated heterocycles. The Morgan fingerprint density at radius 1 is 1.18 bits per heavy atom. The molecule has 2 aromatic carbocycles. The molecule has 1 amide bonds. The third kappa shape index (κ3) is 3.22. The molecule has 6 nitrogen and oxygen atoms in total. The van der Waals surface area contributed by atoms with Crippen LogP contribution < -0.4 is 10.1 Å². The Balaban J connectivity index is 1.79. The molecule has 1 aliphatic rings. The zero-order chi connectivity index (χ0) is 19.8. The summed E-state index contributed by atoms with van der Waals surface area (Å²) >= 11 is 0. The Morgan fingerprint density at radius 3 is 2.71 bits per heavy atom. The monoisotopic (exact) mass is 395 g/mol. The fraction of sp³-hybridized carbons (Fsp3) is 0.238. The number of carbonyl (C=O) groups is 1. The molecule has 3 aromatic rings. The van der Waals surface area contributed by atoms with Crippen LogP contribution in [0.1, 0.15) is 32.7 Å². The number of anilines is 1. The molecule has 7 heteroatoms. The summed E-state index contributed by atoms with van der Waals surface area (Å²) in [6.45, 7) is 4.05. The maximum atomic E-state index is 13.0. The summed E-state index contributed by atoms with van der Waals surface area (Å²) in [5.41, 5.74) is 5.14. The van der Waals surface area contributed by atoms with E-state index >= 15 is 0 Å². The van der Waals surface area contributed by atoms with E-state index in [4.69, 9.17) is 4.74 Å². The molecule has 0 aliphatic carbocycles. The Morgan fingerprint density at radius 2 is 1.96 bits per heavy atom. The third-order valence-electron chi connectivity index (χ3n) is 4.83. The number of amides is 1. The summed E-state index contributed by atoms with van der Waals surface area (Å²) < 4.78 is 19.1. The lowest BCUT2D eigenvalue weighted by Gasteiger charge is -2.14. The van der Waals surface area contributed by atoms with Gasteiger partial charge in [0.15, 0.2) is 0 Å². The molecule has 1 N–H and O–H groups in total. The molecule has 2 heterocycles. The zero-order valence-corrected chi connectivity index (χ0v) is 16.8. The quantitative estimate of drug-likeness (QED) is 0.734. The van der Waals surface area contributed by atoms with Crippen LogP contribution in [0.3, 0.4) is 0 Å². The van der Waals surface area contributed by atoms with Crippen LogP contribution in [-0.4, -0.2) is 27.0 Å². The number of hydrogen-bond donors (Lipinski definition) is 1. The first kappa shape index (κ1) is 18.4. The molecule has 4 rings (SSSR count). The van der Waals surface area contributed by atoms with E-state index in [1.807, 2.05) is 32.0 Å². The van der Waals surface area contributed by atoms with Gasteiger partial charge in [-0.25, -0.2) is 4.68 Å². The number of aryl methyl sites for hydroxylation is 2. The maximum absolute atomic E-state index is 13.0. The average Bonchev–Trinajstić information content (AvgIpc) is 3.18. The highest BCUT2D eigenvalue weighted by Crippen LogP contribution is 2.33. The van der Waals surface area contributed by atoms with Gasteiger partial charge in [-0.05, 0) is 37.6 Å². The number of nitrogens with one attached hydrogen (secondary N) is 1. The van der Waals surface area contributed by atoms with Crippen molar-refractivity contribution in [3.05, 3.63) is 70.4 Å². The molecule has 0 radical (unpaired) electrons. The molecule has 1 atom stereocenters. The molecule has 1 aromatic heterocycles. The van der Waals surface area contributed by atoms with Gasteiger partial charge in [-0.15, -0.1) is 0 Å². The van der Waals surface area contributed by atoms with Gasteiger partial charge in [0.2, 0.25) is 0 Å². The summed E-state index contributed by atoms with van der Waals surface area (Å²) in [4.78, 5) is 13.0. The number of ether oxygens (including phenoxy) is 1. The number of rotatable bonds is 4. The Hall–Kier alpha value is -2.93. The number of hydrogen-bond acceptors (Lipinski definition) is 4. The van der Waals surface area contributed by atoms with E-state index in [9.17, 15) is 9.00 Å². The average molecular weight is 395 g/mol. The number of aromatic nitrogens is 2. The highest BCUT2D eigenvalue weighted by atomic mass is 32.2. The topological polar surface area (TPSA) is 73.2 Å². The van der Waals surface area contributed by atoms with E-state index in [0.717, 1.165) is 28.1 Å². The largest absolute Gasteiger partial charge is 0.496 e. The van der Waals surface area contributed by atoms with Crippen molar-refractivity contribution in [2.75, 3.05) is 12.4 Å². The van der Waals surface area contributed by atoms with E-state index in [1.165, 1.54) is 7.11 Å². The number of carbonyl (C=O) groups excluding carboxylic acids is 1. The molecule has 0 bridgehead atoms. The third-order valence-corrected chi connectivity index (χ3v) is 6.04. The van der Waals surface area contributed by atoms with Crippen molar-refractivity contribution in [1.82, 2.24) is 9.78 Å². The number of benzene rings is 2. The highest BCUT2D eigenvalue weighted by Gasteiger charge is 2.29. The Kier molecular flexibility index (Phi) is 4.77. The van der Waals surface area contributed by atoms with Gasteiger partial charge < -0.3 is 10.1 Å². The van der Waals surface area contributed by atoms with E-state index in [-0.39, 0.29) is 5.91 Å². The van der Waals surface area contributed by atoms with Crippen molar-refractivity contribution in [2.24, 2.45) is 0 Å². The predicted octanol–water partition coefficient (Wildman–Crippen LogP) is 3.51. The Labute approximate surface area is 166 Å². The highest BCUT2D eigenvalue weighted by molar-refractivity contribution is 7.83. The number of methoxy groups -OCH3 is 1. The second-order valence-electron chi connectivity index (χ2n) is 6.86. The Bertz CT molecular complexity index is 1100. The molecule has 1 aliphatic heterocycles. The SMILES string of the molecule is COc1ccccc1C(=O)Nc1c2c(nn1-c1ccc(C)cc1C)C[S@](=O)C2. The molecule has 0 unspecified atom stereocenters. The fourth-order valence-corrected chi connectivity index (χ4v) is 4.74. The molecular weight excluding hydrogens is 374 g/mol. The number of nitrogens with zero attached hydrogens (tertiary/aromatic N) is 2. The summed E-state index contributed by atoms with van der Waals surface area (Å²) in [7, 11) is 0.545. The molecule has 28 heavy (non-hydrogen) atoms. The summed E-state index contributed by atoms with van der Waals surface area (Å²) in [6, 6.07) is 13.1. The lowest BCUT2D eigenvalue weighted by molar-refractivity contribution is 0.102. The maximum Gasteiger partial charge on any atom is 0.260 e. The molecule has 0 spiro atoms. The minimum absolute atomic E-state index is 0.288. The van der Waals surface area contributed by atoms with Crippen LogP contribution in [0.25, 0.3) is 5.69 Å². The number of para-hydroxylation sites is 1. The van der Waals surface area contributed by atoms with Gasteiger partial charge in [0.05, 0.1) is 35.6 Å². The second kappa shape index (κ2) is 7.24. The minimum Gasteiger partial charge on any atom is -0.496 e. The van der Waals surface area contributed by atoms with Crippen LogP contribution in [0.15, 0.2) is 42.5 Å². The van der Waals surface area contributed by atoms with Crippen LogP contribution in [-0.2, 0) is 22.3 Å². The lowest BCUT2D eigenvalue weighted by atomic mass is 10.1. The predicted molar refractivity (Wildman–Crippen MR) is 110 cm³/mol. The van der Waals surface area contributed by atoms with Crippen LogP contribution in [0.5, 0.6) is 5.75 Å². The van der Waals surface area contributed by atoms with Gasteiger partial charge in [-0.1, -0.05) is 29.8 Å². The summed E-state index contributed by atoms with van der Waals surface area (Å²) in [5.74, 6) is 1.58. The van der Waals surface area contributed by atoms with Crippen molar-refractivity contribution in [1.29, 1.82) is 0 Å². The van der Waals surface area contributed by atoms with E-state index in [0.29, 0.717) is 28.6 Å². The van der Waals surface area contributed by atoms with E-state index < -0.39 is 10.8 Å².